The first kappa shape index (κ1) is 18.5. The van der Waals surface area contributed by atoms with Gasteiger partial charge in [0, 0.05) is 28.7 Å². The largest absolute Gasteiger partial charge is 0.481 e. The van der Waals surface area contributed by atoms with Crippen molar-refractivity contribution in [3.05, 3.63) is 52.5 Å². The number of aliphatic carboxylic acids is 1. The number of nitrogens with one attached hydrogen (secondary N) is 1. The van der Waals surface area contributed by atoms with E-state index in [1.54, 1.807) is 35.2 Å². The Morgan fingerprint density at radius 1 is 1.04 bits per heavy atom. The Labute approximate surface area is 161 Å². The topological polar surface area (TPSA) is 69.6 Å². The van der Waals surface area contributed by atoms with E-state index in [9.17, 15) is 9.59 Å². The molecule has 0 spiro atoms. The summed E-state index contributed by atoms with van der Waals surface area (Å²) in [5, 5.41) is 13.1. The number of carboxylic acids is 1. The highest BCUT2D eigenvalue weighted by molar-refractivity contribution is 6.31. The summed E-state index contributed by atoms with van der Waals surface area (Å²) >= 11 is 12.2. The van der Waals surface area contributed by atoms with Crippen LogP contribution in [-0.2, 0) is 4.79 Å². The average Bonchev–Trinajstić information content (AvgIpc) is 2.63. The van der Waals surface area contributed by atoms with Crippen molar-refractivity contribution >= 4 is 40.9 Å². The van der Waals surface area contributed by atoms with E-state index in [-0.39, 0.29) is 11.9 Å². The van der Waals surface area contributed by atoms with Crippen molar-refractivity contribution in [3.63, 3.8) is 0 Å². The predicted molar refractivity (Wildman–Crippen MR) is 103 cm³/mol. The van der Waals surface area contributed by atoms with Crippen LogP contribution in [0, 0.1) is 5.92 Å². The van der Waals surface area contributed by atoms with Crippen LogP contribution in [0.3, 0.4) is 0 Å². The van der Waals surface area contributed by atoms with Gasteiger partial charge in [-0.25, -0.2) is 4.79 Å². The molecule has 2 aromatic rings. The minimum Gasteiger partial charge on any atom is -0.481 e. The smallest absolute Gasteiger partial charge is 0.321 e. The third-order valence-corrected chi connectivity index (χ3v) is 4.96. The number of benzene rings is 2. The molecular weight excluding hydrogens is 375 g/mol. The number of carboxylic acid groups (broad SMARTS) is 1. The Balaban J connectivity index is 1.78. The second kappa shape index (κ2) is 7.98. The van der Waals surface area contributed by atoms with Crippen LogP contribution in [0.15, 0.2) is 42.5 Å². The molecule has 2 aromatic carbocycles. The van der Waals surface area contributed by atoms with E-state index in [0.29, 0.717) is 41.7 Å². The number of carbonyl (C=O) groups excluding carboxylic acids is 1. The summed E-state index contributed by atoms with van der Waals surface area (Å²) in [6, 6.07) is 12.3. The van der Waals surface area contributed by atoms with Crippen LogP contribution in [0.5, 0.6) is 0 Å². The number of anilines is 1. The molecule has 1 fully saturated rings. The number of nitrogens with zero attached hydrogens (tertiary/aromatic N) is 1. The normalized spacial score (nSPS) is 14.9. The maximum Gasteiger partial charge on any atom is 0.321 e. The summed E-state index contributed by atoms with van der Waals surface area (Å²) in [7, 11) is 0. The summed E-state index contributed by atoms with van der Waals surface area (Å²) in [6.45, 7) is 0.839. The second-order valence-electron chi connectivity index (χ2n) is 6.23. The van der Waals surface area contributed by atoms with Gasteiger partial charge in [-0.05, 0) is 48.7 Å². The van der Waals surface area contributed by atoms with E-state index >= 15 is 0 Å². The highest BCUT2D eigenvalue weighted by Gasteiger charge is 2.27. The van der Waals surface area contributed by atoms with Gasteiger partial charge in [0.15, 0.2) is 0 Å². The van der Waals surface area contributed by atoms with Crippen LogP contribution >= 0.6 is 23.2 Å². The number of hydrogen-bond donors (Lipinski definition) is 2. The van der Waals surface area contributed by atoms with E-state index in [2.05, 4.69) is 5.32 Å². The van der Waals surface area contributed by atoms with E-state index in [1.165, 1.54) is 0 Å². The summed E-state index contributed by atoms with van der Waals surface area (Å²) in [5.74, 6) is -1.18. The van der Waals surface area contributed by atoms with Crippen molar-refractivity contribution in [2.45, 2.75) is 12.8 Å². The summed E-state index contributed by atoms with van der Waals surface area (Å²) < 4.78 is 0. The molecule has 1 aliphatic heterocycles. The van der Waals surface area contributed by atoms with Gasteiger partial charge in [-0.2, -0.15) is 0 Å². The Kier molecular flexibility index (Phi) is 5.69. The lowest BCUT2D eigenvalue weighted by atomic mass is 9.97. The molecule has 2 amide bonds. The summed E-state index contributed by atoms with van der Waals surface area (Å²) in [5.41, 5.74) is 2.25. The number of urea groups is 1. The number of rotatable bonds is 3. The molecule has 1 aliphatic rings. The fraction of sp³-hybridized carbons (Fsp3) is 0.263. The number of amides is 2. The highest BCUT2D eigenvalue weighted by Crippen LogP contribution is 2.32. The zero-order chi connectivity index (χ0) is 18.7. The van der Waals surface area contributed by atoms with Gasteiger partial charge in [-0.1, -0.05) is 35.3 Å². The van der Waals surface area contributed by atoms with Crippen molar-refractivity contribution in [2.24, 2.45) is 5.92 Å². The van der Waals surface area contributed by atoms with Crippen LogP contribution in [0.1, 0.15) is 12.8 Å². The number of piperidine rings is 1. The standard InChI is InChI=1S/C19H18Cl2N2O3/c20-14-3-1-2-13(10-14)16-11-15(21)4-5-17(16)22-19(26)23-8-6-12(7-9-23)18(24)25/h1-5,10-12H,6-9H2,(H,22,26)(H,24,25). The molecule has 0 radical (unpaired) electrons. The lowest BCUT2D eigenvalue weighted by Crippen LogP contribution is -2.42. The van der Waals surface area contributed by atoms with E-state index in [4.69, 9.17) is 28.3 Å². The van der Waals surface area contributed by atoms with E-state index in [0.717, 1.165) is 11.1 Å². The molecule has 0 unspecified atom stereocenters. The molecule has 0 aliphatic carbocycles. The maximum absolute atomic E-state index is 12.6. The lowest BCUT2D eigenvalue weighted by molar-refractivity contribution is -0.143. The van der Waals surface area contributed by atoms with E-state index in [1.807, 2.05) is 12.1 Å². The first-order valence-corrected chi connectivity index (χ1v) is 9.04. The van der Waals surface area contributed by atoms with Gasteiger partial charge in [-0.3, -0.25) is 4.79 Å². The molecule has 2 N–H and O–H groups in total. The Bertz CT molecular complexity index is 833. The van der Waals surface area contributed by atoms with Crippen LogP contribution in [-0.4, -0.2) is 35.1 Å². The highest BCUT2D eigenvalue weighted by atomic mass is 35.5. The number of carbonyl (C=O) groups is 2. The SMILES string of the molecule is O=C(O)C1CCN(C(=O)Nc2ccc(Cl)cc2-c2cccc(Cl)c2)CC1. The van der Waals surface area contributed by atoms with Crippen molar-refractivity contribution in [3.8, 4) is 11.1 Å². The Hall–Kier alpha value is -2.24. The predicted octanol–water partition coefficient (Wildman–Crippen LogP) is 4.99. The van der Waals surface area contributed by atoms with Crippen molar-refractivity contribution in [1.29, 1.82) is 0 Å². The molecule has 26 heavy (non-hydrogen) atoms. The fourth-order valence-corrected chi connectivity index (χ4v) is 3.41. The molecule has 5 nitrogen and oxygen atoms in total. The zero-order valence-corrected chi connectivity index (χ0v) is 15.4. The van der Waals surface area contributed by atoms with Crippen LogP contribution < -0.4 is 5.32 Å². The summed E-state index contributed by atoms with van der Waals surface area (Å²) in [6.07, 6.45) is 0.926. The van der Waals surface area contributed by atoms with Gasteiger partial charge in [0.05, 0.1) is 11.6 Å². The number of halogens is 2. The molecular formula is C19H18Cl2N2O3. The van der Waals surface area contributed by atoms with Gasteiger partial charge in [0.25, 0.3) is 0 Å². The second-order valence-corrected chi connectivity index (χ2v) is 7.10. The molecule has 0 atom stereocenters. The molecule has 1 heterocycles. The van der Waals surface area contributed by atoms with Crippen molar-refractivity contribution in [2.75, 3.05) is 18.4 Å². The Morgan fingerprint density at radius 2 is 1.73 bits per heavy atom. The monoisotopic (exact) mass is 392 g/mol. The maximum atomic E-state index is 12.6. The lowest BCUT2D eigenvalue weighted by Gasteiger charge is -2.30. The first-order chi connectivity index (χ1) is 12.4. The number of hydrogen-bond acceptors (Lipinski definition) is 2. The van der Waals surface area contributed by atoms with E-state index < -0.39 is 5.97 Å². The first-order valence-electron chi connectivity index (χ1n) is 8.28. The number of likely N-dealkylation sites (tertiary alicyclic amines) is 1. The van der Waals surface area contributed by atoms with Gasteiger partial charge in [0.2, 0.25) is 0 Å². The molecule has 136 valence electrons. The third-order valence-electron chi connectivity index (χ3n) is 4.49. The van der Waals surface area contributed by atoms with Crippen LogP contribution in [0.25, 0.3) is 11.1 Å². The molecule has 3 rings (SSSR count). The van der Waals surface area contributed by atoms with Crippen LogP contribution in [0.2, 0.25) is 10.0 Å². The Morgan fingerprint density at radius 3 is 2.38 bits per heavy atom. The van der Waals surface area contributed by atoms with Gasteiger partial charge < -0.3 is 15.3 Å². The minimum atomic E-state index is -0.800. The quantitative estimate of drug-likeness (QED) is 0.772. The van der Waals surface area contributed by atoms with Crippen molar-refractivity contribution in [1.82, 2.24) is 4.90 Å². The summed E-state index contributed by atoms with van der Waals surface area (Å²) in [4.78, 5) is 25.3. The zero-order valence-electron chi connectivity index (χ0n) is 13.9. The molecule has 1 saturated heterocycles. The van der Waals surface area contributed by atoms with Gasteiger partial charge >= 0.3 is 12.0 Å². The molecule has 0 aromatic heterocycles. The molecule has 7 heteroatoms. The van der Waals surface area contributed by atoms with Gasteiger partial charge in [0.1, 0.15) is 0 Å². The molecule has 0 bridgehead atoms. The van der Waals surface area contributed by atoms with Crippen LogP contribution in [0.4, 0.5) is 10.5 Å². The fourth-order valence-electron chi connectivity index (χ4n) is 3.04. The van der Waals surface area contributed by atoms with Gasteiger partial charge in [-0.15, -0.1) is 0 Å². The third kappa shape index (κ3) is 4.29. The molecule has 0 saturated carbocycles. The minimum absolute atomic E-state index is 0.251. The van der Waals surface area contributed by atoms with Crippen molar-refractivity contribution < 1.29 is 14.7 Å². The average molecular weight is 393 g/mol.